The molecule has 12 heteroatoms. The van der Waals surface area contributed by atoms with Gasteiger partial charge in [-0.15, -0.1) is 5.10 Å². The van der Waals surface area contributed by atoms with Crippen molar-refractivity contribution in [3.63, 3.8) is 0 Å². The molecule has 2 atom stereocenters. The van der Waals surface area contributed by atoms with Crippen LogP contribution in [-0.4, -0.2) is 59.3 Å². The van der Waals surface area contributed by atoms with Crippen molar-refractivity contribution < 1.29 is 17.9 Å². The van der Waals surface area contributed by atoms with Crippen molar-refractivity contribution in [2.45, 2.75) is 75.8 Å². The van der Waals surface area contributed by atoms with Crippen molar-refractivity contribution >= 4 is 27.6 Å². The fraction of sp³-hybridized carbons (Fsp3) is 0.548. The molecule has 4 bridgehead atoms. The number of anilines is 2. The molecule has 2 saturated carbocycles. The van der Waals surface area contributed by atoms with Gasteiger partial charge in [-0.25, -0.2) is 19.4 Å². The molecule has 2 aliphatic carbocycles. The lowest BCUT2D eigenvalue weighted by molar-refractivity contribution is 0.0981. The normalized spacial score (nSPS) is 25.0. The summed E-state index contributed by atoms with van der Waals surface area (Å²) in [5.74, 6) is 2.38. The Morgan fingerprint density at radius 3 is 2.72 bits per heavy atom. The van der Waals surface area contributed by atoms with Gasteiger partial charge in [0.2, 0.25) is 5.88 Å². The maximum Gasteiger partial charge on any atom is 0.281 e. The molecule has 43 heavy (non-hydrogen) atoms. The third-order valence-corrected chi connectivity index (χ3v) is 11.1. The average Bonchev–Trinajstić information content (AvgIpc) is 3.59. The molecule has 228 valence electrons. The van der Waals surface area contributed by atoms with Crippen LogP contribution in [0.15, 0.2) is 47.6 Å². The number of pyridine rings is 2. The van der Waals surface area contributed by atoms with E-state index >= 15 is 0 Å². The van der Waals surface area contributed by atoms with Crippen LogP contribution in [0, 0.1) is 17.3 Å². The van der Waals surface area contributed by atoms with Gasteiger partial charge >= 0.3 is 0 Å². The van der Waals surface area contributed by atoms with E-state index in [1.165, 1.54) is 31.7 Å². The van der Waals surface area contributed by atoms with Crippen molar-refractivity contribution in [1.29, 1.82) is 0 Å². The van der Waals surface area contributed by atoms with Crippen LogP contribution in [0.4, 0.5) is 11.6 Å². The topological polar surface area (TPSA) is 131 Å². The van der Waals surface area contributed by atoms with Gasteiger partial charge in [-0.2, -0.15) is 8.42 Å². The molecular formula is C31H39N7O4S. The van der Waals surface area contributed by atoms with Gasteiger partial charge in [-0.05, 0) is 107 Å². The number of nitrogens with zero attached hydrogens (tertiary/aromatic N) is 5. The summed E-state index contributed by atoms with van der Waals surface area (Å²) >= 11 is 0. The number of sulfonamides is 1. The molecule has 1 unspecified atom stereocenters. The summed E-state index contributed by atoms with van der Waals surface area (Å²) in [7, 11) is -4.22. The predicted molar refractivity (Wildman–Crippen MR) is 162 cm³/mol. The molecule has 3 aromatic rings. The number of rotatable bonds is 5. The third-order valence-electron chi connectivity index (χ3n) is 9.91. The van der Waals surface area contributed by atoms with Crippen molar-refractivity contribution in [2.75, 3.05) is 29.9 Å². The second-order valence-electron chi connectivity index (χ2n) is 13.2. The zero-order chi connectivity index (χ0) is 29.8. The minimum atomic E-state index is -4.22. The molecule has 3 fully saturated rings. The molecule has 1 amide bonds. The largest absolute Gasteiger partial charge is 0.477 e. The van der Waals surface area contributed by atoms with Gasteiger partial charge in [0.05, 0.1) is 12.2 Å². The van der Waals surface area contributed by atoms with Crippen LogP contribution in [0.1, 0.15) is 75.6 Å². The zero-order valence-corrected chi connectivity index (χ0v) is 25.6. The highest BCUT2D eigenvalue weighted by Gasteiger charge is 2.54. The third kappa shape index (κ3) is 5.45. The maximum absolute atomic E-state index is 13.6. The first kappa shape index (κ1) is 28.1. The Labute approximate surface area is 252 Å². The van der Waals surface area contributed by atoms with E-state index in [0.717, 1.165) is 31.6 Å². The number of ether oxygens (including phenoxy) is 1. The minimum Gasteiger partial charge on any atom is -0.477 e. The molecule has 4 aliphatic rings. The lowest BCUT2D eigenvalue weighted by Gasteiger charge is -2.37. The van der Waals surface area contributed by atoms with E-state index in [0.29, 0.717) is 54.4 Å². The number of aromatic nitrogens is 4. The molecule has 1 spiro atoms. The first-order valence-electron chi connectivity index (χ1n) is 15.4. The number of carbonyl (C=O) groups excluding carboxylic acids is 1. The smallest absolute Gasteiger partial charge is 0.281 e. The molecule has 0 radical (unpaired) electrons. The number of nitrogens with one attached hydrogen (secondary N) is 2. The monoisotopic (exact) mass is 605 g/mol. The molecule has 7 rings (SSSR count). The van der Waals surface area contributed by atoms with E-state index in [1.807, 2.05) is 6.07 Å². The molecule has 2 N–H and O–H groups in total. The van der Waals surface area contributed by atoms with Crippen LogP contribution >= 0.6 is 0 Å². The quantitative estimate of drug-likeness (QED) is 0.430. The van der Waals surface area contributed by atoms with E-state index in [-0.39, 0.29) is 16.1 Å². The van der Waals surface area contributed by atoms with Gasteiger partial charge in [-0.1, -0.05) is 6.07 Å². The van der Waals surface area contributed by atoms with Gasteiger partial charge in [0, 0.05) is 30.9 Å². The lowest BCUT2D eigenvalue weighted by atomic mass is 9.69. The Balaban J connectivity index is 1.18. The number of hydrogen-bond donors (Lipinski definition) is 2. The Morgan fingerprint density at radius 1 is 1.07 bits per heavy atom. The highest BCUT2D eigenvalue weighted by atomic mass is 32.2. The van der Waals surface area contributed by atoms with Gasteiger partial charge in [0.1, 0.15) is 11.6 Å². The van der Waals surface area contributed by atoms with Gasteiger partial charge in [0.15, 0.2) is 10.8 Å². The van der Waals surface area contributed by atoms with E-state index in [1.54, 1.807) is 35.1 Å². The highest BCUT2D eigenvalue weighted by molar-refractivity contribution is 7.90. The van der Waals surface area contributed by atoms with Crippen molar-refractivity contribution in [3.05, 3.63) is 48.2 Å². The number of amides is 1. The van der Waals surface area contributed by atoms with Crippen molar-refractivity contribution in [3.8, 4) is 11.7 Å². The van der Waals surface area contributed by atoms with Crippen LogP contribution < -0.4 is 19.7 Å². The highest BCUT2D eigenvalue weighted by Crippen LogP contribution is 2.65. The fourth-order valence-corrected chi connectivity index (χ4v) is 8.18. The maximum atomic E-state index is 13.6. The minimum absolute atomic E-state index is 0.184. The Hall–Kier alpha value is -3.67. The van der Waals surface area contributed by atoms with E-state index in [2.05, 4.69) is 38.9 Å². The summed E-state index contributed by atoms with van der Waals surface area (Å²) < 4.78 is 36.3. The summed E-state index contributed by atoms with van der Waals surface area (Å²) in [6.07, 6.45) is 11.1. The predicted octanol–water partition coefficient (Wildman–Crippen LogP) is 4.55. The Bertz CT molecular complexity index is 1650. The number of fused-ring (bicyclic) bond motifs is 6. The van der Waals surface area contributed by atoms with E-state index in [4.69, 9.17) is 9.72 Å². The Morgan fingerprint density at radius 2 is 1.93 bits per heavy atom. The van der Waals surface area contributed by atoms with Crippen molar-refractivity contribution in [1.82, 2.24) is 24.5 Å². The SMILES string of the molecule is CC1(C)C[C@H]2CCCNc3cccc(n3)S(=O)(=O)NC(=O)c3ccc(-n4ccc(OCCC5CCC56CC6)n4)nc3N1C2. The molecule has 3 aromatic heterocycles. The van der Waals surface area contributed by atoms with Gasteiger partial charge < -0.3 is 15.0 Å². The first-order chi connectivity index (χ1) is 20.6. The fourth-order valence-electron chi connectivity index (χ4n) is 7.25. The van der Waals surface area contributed by atoms with E-state index < -0.39 is 15.9 Å². The van der Waals surface area contributed by atoms with Crippen LogP contribution in [-0.2, 0) is 10.0 Å². The number of hydrogen-bond acceptors (Lipinski definition) is 9. The van der Waals surface area contributed by atoms with Crippen LogP contribution in [0.2, 0.25) is 0 Å². The number of carbonyl (C=O) groups is 1. The van der Waals surface area contributed by atoms with Crippen molar-refractivity contribution in [2.24, 2.45) is 17.3 Å². The Kier molecular flexibility index (Phi) is 6.87. The average molecular weight is 606 g/mol. The molecule has 1 saturated heterocycles. The second-order valence-corrected chi connectivity index (χ2v) is 14.9. The molecule has 2 aliphatic heterocycles. The molecular weight excluding hydrogens is 566 g/mol. The summed E-state index contributed by atoms with van der Waals surface area (Å²) in [4.78, 5) is 24.9. The first-order valence-corrected chi connectivity index (χ1v) is 16.9. The van der Waals surface area contributed by atoms with Crippen LogP contribution in [0.5, 0.6) is 5.88 Å². The van der Waals surface area contributed by atoms with Gasteiger partial charge in [-0.3, -0.25) is 4.79 Å². The summed E-state index contributed by atoms with van der Waals surface area (Å²) in [5.41, 5.74) is 0.523. The molecule has 5 heterocycles. The van der Waals surface area contributed by atoms with Crippen LogP contribution in [0.3, 0.4) is 0 Å². The summed E-state index contributed by atoms with van der Waals surface area (Å²) in [6, 6.07) is 9.86. The van der Waals surface area contributed by atoms with Crippen LogP contribution in [0.25, 0.3) is 5.82 Å². The summed E-state index contributed by atoms with van der Waals surface area (Å²) in [6.45, 7) is 6.31. The zero-order valence-electron chi connectivity index (χ0n) is 24.8. The molecule has 0 aromatic carbocycles. The van der Waals surface area contributed by atoms with Gasteiger partial charge in [0.25, 0.3) is 15.9 Å². The van der Waals surface area contributed by atoms with E-state index in [9.17, 15) is 13.2 Å². The lowest BCUT2D eigenvalue weighted by Crippen LogP contribution is -2.41. The molecule has 11 nitrogen and oxygen atoms in total. The summed E-state index contributed by atoms with van der Waals surface area (Å²) in [5, 5.41) is 7.62. The standard InChI is InChI=1S/C31H39N7O4S/c1-30(2)19-21-5-4-16-32-24-6-3-7-27(33-24)43(40,41)36-29(39)23-8-9-25(34-28(23)37(30)20-21)38-17-11-26(35-38)42-18-12-22-10-13-31(22)14-15-31/h3,6-9,11,17,21-22H,4-5,10,12-16,18-20H2,1-2H3,(H,32,33)(H,36,39)/t21-,22?/m1/s1. The second kappa shape index (κ2) is 10.5.